The van der Waals surface area contributed by atoms with Crippen molar-refractivity contribution in [2.24, 2.45) is 0 Å². The van der Waals surface area contributed by atoms with Gasteiger partial charge in [0.1, 0.15) is 0 Å². The Bertz CT molecular complexity index is 693. The van der Waals surface area contributed by atoms with Crippen LogP contribution in [-0.4, -0.2) is 8.07 Å². The summed E-state index contributed by atoms with van der Waals surface area (Å²) in [6.07, 6.45) is 3.42. The van der Waals surface area contributed by atoms with Gasteiger partial charge in [0, 0.05) is 0 Å². The lowest BCUT2D eigenvalue weighted by Gasteiger charge is -2.36. The first-order chi connectivity index (χ1) is 11.8. The van der Waals surface area contributed by atoms with E-state index in [-0.39, 0.29) is 0 Å². The quantitative estimate of drug-likeness (QED) is 0.489. The molecule has 1 heteroatoms. The normalized spacial score (nSPS) is 12.2. The van der Waals surface area contributed by atoms with E-state index in [4.69, 9.17) is 0 Å². The summed E-state index contributed by atoms with van der Waals surface area (Å²) < 4.78 is 0. The molecule has 0 unspecified atom stereocenters. The fourth-order valence-electron chi connectivity index (χ4n) is 3.81. The lowest BCUT2D eigenvalue weighted by atomic mass is 10.3. The van der Waals surface area contributed by atoms with E-state index in [2.05, 4.69) is 111 Å². The van der Waals surface area contributed by atoms with E-state index in [1.165, 1.54) is 15.6 Å². The van der Waals surface area contributed by atoms with E-state index in [1.807, 2.05) is 0 Å². The first-order valence-corrected chi connectivity index (χ1v) is 10.7. The number of allylic oxidation sites excluding steroid dienone is 2. The van der Waals surface area contributed by atoms with Crippen molar-refractivity contribution in [1.82, 2.24) is 0 Å². The molecule has 0 amide bonds. The largest absolute Gasteiger partial charge is 0.175 e. The predicted molar refractivity (Wildman–Crippen MR) is 108 cm³/mol. The molecule has 24 heavy (non-hydrogen) atoms. The third-order valence-corrected chi connectivity index (χ3v) is 10.0. The van der Waals surface area contributed by atoms with Gasteiger partial charge in [0.15, 0.2) is 8.07 Å². The van der Waals surface area contributed by atoms with E-state index in [0.29, 0.717) is 0 Å². The molecule has 0 bridgehead atoms. The lowest BCUT2D eigenvalue weighted by Crippen LogP contribution is -2.68. The van der Waals surface area contributed by atoms with Crippen molar-refractivity contribution in [3.63, 3.8) is 0 Å². The van der Waals surface area contributed by atoms with Crippen LogP contribution in [0.4, 0.5) is 0 Å². The molecule has 3 aromatic carbocycles. The Balaban J connectivity index is 2.42. The Hall–Kier alpha value is -2.38. The lowest BCUT2D eigenvalue weighted by molar-refractivity contribution is 1.17. The van der Waals surface area contributed by atoms with Crippen LogP contribution < -0.4 is 15.6 Å². The monoisotopic (exact) mass is 328 g/mol. The molecular formula is C23H24Si. The maximum absolute atomic E-state index is 2.35. The van der Waals surface area contributed by atoms with Crippen LogP contribution in [-0.2, 0) is 0 Å². The molecule has 0 spiro atoms. The Kier molecular flexibility index (Phi) is 5.12. The molecule has 3 aromatic rings. The van der Waals surface area contributed by atoms with Gasteiger partial charge in [-0.05, 0) is 28.9 Å². The molecule has 3 rings (SSSR count). The smallest absolute Gasteiger partial charge is 0.0913 e. The van der Waals surface area contributed by atoms with Gasteiger partial charge < -0.3 is 0 Å². The van der Waals surface area contributed by atoms with Gasteiger partial charge in [-0.25, -0.2) is 0 Å². The maximum Gasteiger partial charge on any atom is 0.175 e. The molecule has 0 radical (unpaired) electrons. The maximum atomic E-state index is 2.35. The number of rotatable bonds is 5. The third kappa shape index (κ3) is 2.76. The number of hydrogen-bond acceptors (Lipinski definition) is 0. The molecule has 0 nitrogen and oxygen atoms in total. The van der Waals surface area contributed by atoms with E-state index in [0.717, 1.165) is 6.42 Å². The molecular weight excluding hydrogens is 304 g/mol. The summed E-state index contributed by atoms with van der Waals surface area (Å²) in [5.41, 5.74) is 0. The molecule has 0 atom stereocenters. The van der Waals surface area contributed by atoms with E-state index in [9.17, 15) is 0 Å². The van der Waals surface area contributed by atoms with Gasteiger partial charge in [-0.1, -0.05) is 109 Å². The molecule has 0 saturated heterocycles. The van der Waals surface area contributed by atoms with Crippen LogP contribution >= 0.6 is 0 Å². The topological polar surface area (TPSA) is 0 Å². The highest BCUT2D eigenvalue weighted by Crippen LogP contribution is 2.19. The molecule has 0 saturated carbocycles. The summed E-state index contributed by atoms with van der Waals surface area (Å²) >= 11 is 0. The van der Waals surface area contributed by atoms with Gasteiger partial charge >= 0.3 is 0 Å². The molecule has 120 valence electrons. The number of benzene rings is 3. The van der Waals surface area contributed by atoms with E-state index >= 15 is 0 Å². The standard InChI is InChI=1S/C23H24Si/c1-3-20(4-2)24(21-14-8-5-9-15-21,22-16-10-6-11-17-22)23-18-12-7-13-19-23/h3,5-19H,4H2,1-2H3/b20-3+. The zero-order chi connectivity index (χ0) is 16.8. The minimum atomic E-state index is -2.19. The van der Waals surface area contributed by atoms with Crippen LogP contribution in [0.25, 0.3) is 0 Å². The summed E-state index contributed by atoms with van der Waals surface area (Å²) in [7, 11) is -2.19. The highest BCUT2D eigenvalue weighted by atomic mass is 28.3. The van der Waals surface area contributed by atoms with Gasteiger partial charge in [0.05, 0.1) is 0 Å². The van der Waals surface area contributed by atoms with Gasteiger partial charge in [0.2, 0.25) is 0 Å². The first-order valence-electron chi connectivity index (χ1n) is 8.66. The second-order valence-corrected chi connectivity index (χ2v) is 9.89. The molecule has 0 heterocycles. The number of hydrogen-bond donors (Lipinski definition) is 0. The Labute approximate surface area is 146 Å². The van der Waals surface area contributed by atoms with E-state index < -0.39 is 8.07 Å². The Morgan fingerprint density at radius 1 is 0.667 bits per heavy atom. The summed E-state index contributed by atoms with van der Waals surface area (Å²) in [5, 5.41) is 5.93. The van der Waals surface area contributed by atoms with Crippen LogP contribution in [0.15, 0.2) is 102 Å². The summed E-state index contributed by atoms with van der Waals surface area (Å²) in [4.78, 5) is 0. The van der Waals surface area contributed by atoms with Crippen molar-refractivity contribution < 1.29 is 0 Å². The third-order valence-electron chi connectivity index (χ3n) is 4.83. The zero-order valence-electron chi connectivity index (χ0n) is 14.4. The zero-order valence-corrected chi connectivity index (χ0v) is 15.4. The first kappa shape index (κ1) is 16.5. The Morgan fingerprint density at radius 3 is 1.25 bits per heavy atom. The van der Waals surface area contributed by atoms with Gasteiger partial charge in [-0.3, -0.25) is 0 Å². The molecule has 0 N–H and O–H groups in total. The highest BCUT2D eigenvalue weighted by Gasteiger charge is 2.41. The summed E-state index contributed by atoms with van der Waals surface area (Å²) in [6, 6.07) is 33.2. The minimum absolute atomic E-state index is 1.07. The highest BCUT2D eigenvalue weighted by molar-refractivity contribution is 7.16. The van der Waals surface area contributed by atoms with Crippen LogP contribution in [0.5, 0.6) is 0 Å². The van der Waals surface area contributed by atoms with Crippen LogP contribution in [0.1, 0.15) is 20.3 Å². The van der Waals surface area contributed by atoms with Gasteiger partial charge in [0.25, 0.3) is 0 Å². The minimum Gasteiger partial charge on any atom is -0.0913 e. The van der Waals surface area contributed by atoms with Gasteiger partial charge in [-0.15, -0.1) is 0 Å². The molecule has 0 aromatic heterocycles. The van der Waals surface area contributed by atoms with Gasteiger partial charge in [-0.2, -0.15) is 0 Å². The van der Waals surface area contributed by atoms with Crippen molar-refractivity contribution in [3.8, 4) is 0 Å². The SMILES string of the molecule is C/C=C(\CC)[Si](c1ccccc1)(c1ccccc1)c1ccccc1. The Morgan fingerprint density at radius 2 is 1.00 bits per heavy atom. The molecule has 0 aliphatic heterocycles. The van der Waals surface area contributed by atoms with Crippen LogP contribution in [0.3, 0.4) is 0 Å². The molecule has 0 aliphatic rings. The predicted octanol–water partition coefficient (Wildman–Crippen LogP) is 4.05. The van der Waals surface area contributed by atoms with Crippen molar-refractivity contribution >= 4 is 23.6 Å². The fraction of sp³-hybridized carbons (Fsp3) is 0.130. The van der Waals surface area contributed by atoms with Crippen molar-refractivity contribution in [1.29, 1.82) is 0 Å². The molecule has 0 fully saturated rings. The van der Waals surface area contributed by atoms with E-state index in [1.54, 1.807) is 5.20 Å². The fourth-order valence-corrected chi connectivity index (χ4v) is 8.96. The average molecular weight is 329 g/mol. The molecule has 0 aliphatic carbocycles. The van der Waals surface area contributed by atoms with Crippen molar-refractivity contribution in [2.45, 2.75) is 20.3 Å². The van der Waals surface area contributed by atoms with Crippen LogP contribution in [0.2, 0.25) is 0 Å². The second kappa shape index (κ2) is 7.46. The average Bonchev–Trinajstić information content (AvgIpc) is 2.68. The van der Waals surface area contributed by atoms with Crippen molar-refractivity contribution in [2.75, 3.05) is 0 Å². The second-order valence-electron chi connectivity index (χ2n) is 6.02. The van der Waals surface area contributed by atoms with Crippen LogP contribution in [0, 0.1) is 0 Å². The summed E-state index contributed by atoms with van der Waals surface area (Å²) in [5.74, 6) is 0. The summed E-state index contributed by atoms with van der Waals surface area (Å²) in [6.45, 7) is 4.47. The van der Waals surface area contributed by atoms with Crippen molar-refractivity contribution in [3.05, 3.63) is 102 Å².